The number of aliphatic hydroxyl groups is 2. The molecule has 18 heteroatoms. The summed E-state index contributed by atoms with van der Waals surface area (Å²) in [5, 5.41) is 33.8. The highest BCUT2D eigenvalue weighted by Gasteiger charge is 2.40. The van der Waals surface area contributed by atoms with Crippen LogP contribution in [0, 0.1) is 0 Å². The predicted octanol–water partition coefficient (Wildman–Crippen LogP) is 4.73. The van der Waals surface area contributed by atoms with Crippen molar-refractivity contribution in [3.8, 4) is 11.5 Å². The van der Waals surface area contributed by atoms with Crippen LogP contribution in [0.25, 0.3) is 0 Å². The lowest BCUT2D eigenvalue weighted by Gasteiger charge is -2.33. The maximum atomic E-state index is 13.4. The Morgan fingerprint density at radius 1 is 0.638 bits per heavy atom. The van der Waals surface area contributed by atoms with Crippen molar-refractivity contribution in [3.05, 3.63) is 136 Å². The Kier molecular flexibility index (Phi) is 14.5. The van der Waals surface area contributed by atoms with Crippen LogP contribution in [-0.4, -0.2) is 141 Å². The number of nitrogens with one attached hydrogen (secondary N) is 2. The van der Waals surface area contributed by atoms with E-state index in [1.165, 1.54) is 15.5 Å². The standard InChI is InChI=1S/C25H29N3O5S.C17H22N2O3S.C9H10O3/c1-25(2)16-26-22-10-20(8-9-23(22)33-25)34(31,32)28-13-18-11-27(12-19(18)14-28)24(30)21(15-29)17-6-4-3-5-7-17;1-17(2)6-5-12-7-15(3-4-16(12)22-17)23(20,21)19-10-13-8-18-9-14(13)11-19;10-6-8(9(11)12)7-4-2-1-3-5-7/h3-10,21,26,29H,11-16H2,1-2H3;3-4,7,18H,5-6,8-11H2,1-2H3;1-5,8,10H,6H2,(H,11,12)/t21-;;8-/m1.1/s1. The summed E-state index contributed by atoms with van der Waals surface area (Å²) in [5.74, 6) is -1.10. The monoisotopic (exact) mass is 983 g/mol. The van der Waals surface area contributed by atoms with Crippen LogP contribution in [0.2, 0.25) is 0 Å². The second kappa shape index (κ2) is 20.0. The zero-order valence-corrected chi connectivity index (χ0v) is 41.0. The molecule has 0 radical (unpaired) electrons. The van der Waals surface area contributed by atoms with Gasteiger partial charge in [0.1, 0.15) is 28.6 Å². The second-order valence-corrected chi connectivity index (χ2v) is 23.3. The van der Waals surface area contributed by atoms with Crippen LogP contribution in [0.1, 0.15) is 62.6 Å². The van der Waals surface area contributed by atoms with Crippen LogP contribution in [-0.2, 0) is 36.1 Å². The van der Waals surface area contributed by atoms with Crippen molar-refractivity contribution < 1.29 is 51.2 Å². The summed E-state index contributed by atoms with van der Waals surface area (Å²) in [4.78, 5) is 26.0. The van der Waals surface area contributed by atoms with Crippen LogP contribution in [0.3, 0.4) is 0 Å². The lowest BCUT2D eigenvalue weighted by Crippen LogP contribution is -2.40. The Morgan fingerprint density at radius 3 is 1.67 bits per heavy atom. The van der Waals surface area contributed by atoms with E-state index in [0.717, 1.165) is 54.0 Å². The molecule has 16 nitrogen and oxygen atoms in total. The Bertz CT molecular complexity index is 2840. The van der Waals surface area contributed by atoms with Gasteiger partial charge in [-0.3, -0.25) is 9.59 Å². The molecule has 0 bridgehead atoms. The molecule has 0 saturated carbocycles. The molecular weight excluding hydrogens is 923 g/mol. The van der Waals surface area contributed by atoms with Crippen LogP contribution < -0.4 is 20.1 Å². The Hall–Kier alpha value is -5.60. The van der Waals surface area contributed by atoms with Gasteiger partial charge in [-0.05, 0) is 116 Å². The number of benzene rings is 4. The first-order chi connectivity index (χ1) is 32.8. The van der Waals surface area contributed by atoms with Crippen molar-refractivity contribution in [1.82, 2.24) is 18.8 Å². The molecule has 0 aliphatic carbocycles. The van der Waals surface area contributed by atoms with Gasteiger partial charge in [0.15, 0.2) is 0 Å². The molecule has 0 unspecified atom stereocenters. The lowest BCUT2D eigenvalue weighted by molar-refractivity contribution is -0.139. The van der Waals surface area contributed by atoms with E-state index in [-0.39, 0.29) is 48.3 Å². The first kappa shape index (κ1) is 49.8. The predicted molar refractivity (Wildman–Crippen MR) is 260 cm³/mol. The molecule has 6 aliphatic heterocycles. The summed E-state index contributed by atoms with van der Waals surface area (Å²) >= 11 is 0. The number of nitrogens with zero attached hydrogens (tertiary/aromatic N) is 3. The van der Waals surface area contributed by atoms with E-state index < -0.39 is 37.9 Å². The van der Waals surface area contributed by atoms with E-state index in [4.69, 9.17) is 19.7 Å². The summed E-state index contributed by atoms with van der Waals surface area (Å²) in [6, 6.07) is 28.1. The number of amides is 1. The molecular formula is C51H61N5O11S2. The van der Waals surface area contributed by atoms with Gasteiger partial charge in [-0.25, -0.2) is 16.8 Å². The summed E-state index contributed by atoms with van der Waals surface area (Å²) in [6.07, 6.45) is 1.75. The maximum absolute atomic E-state index is 13.4. The van der Waals surface area contributed by atoms with E-state index in [1.54, 1.807) is 69.9 Å². The number of carbonyl (C=O) groups is 2. The minimum absolute atomic E-state index is 0.138. The fourth-order valence-electron chi connectivity index (χ4n) is 9.35. The van der Waals surface area contributed by atoms with Crippen LogP contribution >= 0.6 is 0 Å². The number of sulfonamides is 2. The van der Waals surface area contributed by atoms with E-state index in [0.29, 0.717) is 54.6 Å². The van der Waals surface area contributed by atoms with Crippen molar-refractivity contribution in [2.45, 2.75) is 73.4 Å². The molecule has 1 amide bonds. The smallest absolute Gasteiger partial charge is 0.313 e. The summed E-state index contributed by atoms with van der Waals surface area (Å²) < 4.78 is 67.5. The quantitative estimate of drug-likeness (QED) is 0.136. The second-order valence-electron chi connectivity index (χ2n) is 19.4. The zero-order chi connectivity index (χ0) is 49.3. The number of ether oxygens (including phenoxy) is 2. The molecule has 2 atom stereocenters. The fraction of sp³-hybridized carbons (Fsp3) is 0.412. The normalized spacial score (nSPS) is 20.1. The SMILES string of the molecule is CC1(C)CCc2cc(S(=O)(=O)N3CC4=C(CNC4)C3)ccc2O1.CC1(C)CNc2cc(S(=O)(=O)N3CC4=C(CN(C(=O)[C@H](CO)c5ccccc5)C4)C3)ccc2O1.O=C(O)[C@H](CO)c1ccccc1. The average molecular weight is 984 g/mol. The molecule has 368 valence electrons. The number of hydrogen-bond donors (Lipinski definition) is 5. The Labute approximate surface area is 404 Å². The van der Waals surface area contributed by atoms with Gasteiger partial charge < -0.3 is 40.3 Å². The lowest BCUT2D eigenvalue weighted by atomic mass is 9.94. The number of carbonyl (C=O) groups excluding carboxylic acids is 1. The highest BCUT2D eigenvalue weighted by atomic mass is 32.2. The molecule has 0 spiro atoms. The van der Waals surface area contributed by atoms with Gasteiger partial charge in [0.25, 0.3) is 0 Å². The summed E-state index contributed by atoms with van der Waals surface area (Å²) in [7, 11) is -7.13. The third-order valence-electron chi connectivity index (χ3n) is 13.3. The highest BCUT2D eigenvalue weighted by molar-refractivity contribution is 7.89. The van der Waals surface area contributed by atoms with Crippen molar-refractivity contribution in [1.29, 1.82) is 0 Å². The molecule has 6 heterocycles. The maximum Gasteiger partial charge on any atom is 0.313 e. The van der Waals surface area contributed by atoms with E-state index in [2.05, 4.69) is 24.5 Å². The number of anilines is 1. The van der Waals surface area contributed by atoms with Crippen LogP contribution in [0.4, 0.5) is 5.69 Å². The van der Waals surface area contributed by atoms with Crippen molar-refractivity contribution in [2.75, 3.05) is 77.4 Å². The zero-order valence-electron chi connectivity index (χ0n) is 39.4. The average Bonchev–Trinajstić information content (AvgIpc) is 4.13. The van der Waals surface area contributed by atoms with Gasteiger partial charge in [-0.1, -0.05) is 60.7 Å². The van der Waals surface area contributed by atoms with Crippen molar-refractivity contribution in [3.63, 3.8) is 0 Å². The van der Waals surface area contributed by atoms with Gasteiger partial charge in [-0.15, -0.1) is 0 Å². The van der Waals surface area contributed by atoms with E-state index in [9.17, 15) is 31.5 Å². The molecule has 5 N–H and O–H groups in total. The van der Waals surface area contributed by atoms with Crippen LogP contribution in [0.5, 0.6) is 11.5 Å². The van der Waals surface area contributed by atoms with Gasteiger partial charge in [0, 0.05) is 52.4 Å². The number of aryl methyl sites for hydroxylation is 1. The Morgan fingerprint density at radius 2 is 1.13 bits per heavy atom. The van der Waals surface area contributed by atoms with Gasteiger partial charge in [-0.2, -0.15) is 8.61 Å². The van der Waals surface area contributed by atoms with Gasteiger partial charge in [0.05, 0.1) is 41.2 Å². The third kappa shape index (κ3) is 10.9. The fourth-order valence-corrected chi connectivity index (χ4v) is 12.3. The van der Waals surface area contributed by atoms with Crippen molar-refractivity contribution >= 4 is 37.6 Å². The minimum Gasteiger partial charge on any atom is -0.488 e. The summed E-state index contributed by atoms with van der Waals surface area (Å²) in [5.41, 5.74) is 6.93. The van der Waals surface area contributed by atoms with Gasteiger partial charge >= 0.3 is 5.97 Å². The number of aliphatic hydroxyl groups excluding tert-OH is 2. The number of rotatable bonds is 10. The molecule has 10 rings (SSSR count). The Balaban J connectivity index is 0.000000157. The number of aliphatic carboxylic acids is 1. The number of carboxylic acids is 1. The first-order valence-electron chi connectivity index (χ1n) is 23.1. The molecule has 4 aromatic rings. The molecule has 6 aliphatic rings. The number of fused-ring (bicyclic) bond motifs is 2. The van der Waals surface area contributed by atoms with E-state index in [1.807, 2.05) is 50.2 Å². The largest absolute Gasteiger partial charge is 0.488 e. The highest BCUT2D eigenvalue weighted by Crippen LogP contribution is 2.38. The molecule has 4 aromatic carbocycles. The van der Waals surface area contributed by atoms with Crippen molar-refractivity contribution in [2.24, 2.45) is 0 Å². The topological polar surface area (TPSA) is 215 Å². The summed E-state index contributed by atoms with van der Waals surface area (Å²) in [6.45, 7) is 12.0. The third-order valence-corrected chi connectivity index (χ3v) is 16.9. The van der Waals surface area contributed by atoms with Gasteiger partial charge in [0.2, 0.25) is 26.0 Å². The molecule has 0 saturated heterocycles. The first-order valence-corrected chi connectivity index (χ1v) is 26.0. The van der Waals surface area contributed by atoms with Crippen LogP contribution in [0.15, 0.2) is 129 Å². The molecule has 69 heavy (non-hydrogen) atoms. The van der Waals surface area contributed by atoms with E-state index >= 15 is 0 Å². The number of carboxylic acid groups (broad SMARTS) is 1. The molecule has 0 fully saturated rings. The minimum atomic E-state index is -3.69. The molecule has 0 aromatic heterocycles. The number of hydrogen-bond acceptors (Lipinski definition) is 12.